The first-order valence-corrected chi connectivity index (χ1v) is 7.66. The van der Waals surface area contributed by atoms with Crippen molar-refractivity contribution in [2.24, 2.45) is 0 Å². The molecule has 0 atom stereocenters. The van der Waals surface area contributed by atoms with Crippen LogP contribution in [0.4, 0.5) is 0 Å². The third kappa shape index (κ3) is 5.21. The van der Waals surface area contributed by atoms with Gasteiger partial charge < -0.3 is 0 Å². The Hall–Kier alpha value is -3.20. The Labute approximate surface area is 136 Å². The molecule has 0 bridgehead atoms. The quantitative estimate of drug-likeness (QED) is 0.577. The average molecular weight is 346 g/mol. The van der Waals surface area contributed by atoms with Crippen LogP contribution < -0.4 is 0 Å². The van der Waals surface area contributed by atoms with Gasteiger partial charge in [0.1, 0.15) is 11.8 Å². The third-order valence-electron chi connectivity index (χ3n) is 2.57. The van der Waals surface area contributed by atoms with E-state index in [2.05, 4.69) is 25.1 Å². The lowest BCUT2D eigenvalue weighted by atomic mass is 10.2. The molecule has 122 valence electrons. The minimum absolute atomic E-state index is 0.341. The maximum absolute atomic E-state index is 8.82. The predicted octanol–water partition coefficient (Wildman–Crippen LogP) is 1.15. The monoisotopic (exact) mass is 346 g/mol. The van der Waals surface area contributed by atoms with Crippen LogP contribution in [-0.2, 0) is 10.4 Å². The van der Waals surface area contributed by atoms with Crippen molar-refractivity contribution in [3.05, 3.63) is 48.5 Å². The molecule has 0 aliphatic rings. The zero-order valence-corrected chi connectivity index (χ0v) is 12.7. The van der Waals surface area contributed by atoms with Crippen molar-refractivity contribution in [3.63, 3.8) is 0 Å². The van der Waals surface area contributed by atoms with Gasteiger partial charge in [-0.3, -0.25) is 19.2 Å². The zero-order chi connectivity index (χ0) is 17.6. The largest absolute Gasteiger partial charge is 0.394 e. The van der Waals surface area contributed by atoms with Crippen LogP contribution in [0, 0.1) is 11.3 Å². The summed E-state index contributed by atoms with van der Waals surface area (Å²) in [5, 5.41) is 15.8. The molecule has 0 saturated heterocycles. The number of nitriles is 1. The van der Waals surface area contributed by atoms with Crippen LogP contribution in [0.5, 0.6) is 0 Å². The molecular weight excluding hydrogens is 336 g/mol. The molecule has 3 heterocycles. The van der Waals surface area contributed by atoms with Gasteiger partial charge in [-0.15, -0.1) is 0 Å². The van der Waals surface area contributed by atoms with Gasteiger partial charge in [-0.05, 0) is 24.3 Å². The number of rotatable bonds is 2. The van der Waals surface area contributed by atoms with Crippen molar-refractivity contribution in [1.82, 2.24) is 25.1 Å². The molecule has 0 aliphatic heterocycles. The Morgan fingerprint density at radius 2 is 1.71 bits per heavy atom. The van der Waals surface area contributed by atoms with Gasteiger partial charge in [0.25, 0.3) is 0 Å². The SMILES string of the molecule is N#Cc1cc(-c2n[nH]c(-c3ccncc3)n2)ccn1.O=S(=O)(O)O. The number of H-pyrrole nitrogens is 1. The Bertz CT molecular complexity index is 957. The second-order valence-electron chi connectivity index (χ2n) is 4.23. The fourth-order valence-electron chi connectivity index (χ4n) is 1.66. The molecule has 0 radical (unpaired) electrons. The lowest BCUT2D eigenvalue weighted by Crippen LogP contribution is -1.89. The van der Waals surface area contributed by atoms with E-state index < -0.39 is 10.4 Å². The number of hydrogen-bond donors (Lipinski definition) is 3. The van der Waals surface area contributed by atoms with Crippen molar-refractivity contribution >= 4 is 10.4 Å². The highest BCUT2D eigenvalue weighted by molar-refractivity contribution is 7.79. The maximum atomic E-state index is 8.82. The van der Waals surface area contributed by atoms with E-state index in [0.29, 0.717) is 17.3 Å². The molecule has 0 saturated carbocycles. The van der Waals surface area contributed by atoms with Crippen molar-refractivity contribution in [3.8, 4) is 28.8 Å². The number of nitrogens with zero attached hydrogens (tertiary/aromatic N) is 5. The Morgan fingerprint density at radius 3 is 2.33 bits per heavy atom. The molecule has 0 aliphatic carbocycles. The topological polar surface area (TPSA) is 166 Å². The third-order valence-corrected chi connectivity index (χ3v) is 2.57. The van der Waals surface area contributed by atoms with E-state index in [9.17, 15) is 0 Å². The van der Waals surface area contributed by atoms with Gasteiger partial charge in [0.05, 0.1) is 0 Å². The first kappa shape index (κ1) is 17.2. The summed E-state index contributed by atoms with van der Waals surface area (Å²) < 4.78 is 31.6. The lowest BCUT2D eigenvalue weighted by Gasteiger charge is -1.94. The van der Waals surface area contributed by atoms with Crippen molar-refractivity contribution in [1.29, 1.82) is 5.26 Å². The van der Waals surface area contributed by atoms with Gasteiger partial charge >= 0.3 is 10.4 Å². The van der Waals surface area contributed by atoms with Gasteiger partial charge in [-0.2, -0.15) is 18.8 Å². The summed E-state index contributed by atoms with van der Waals surface area (Å²) in [7, 11) is -4.67. The summed E-state index contributed by atoms with van der Waals surface area (Å²) in [5.74, 6) is 1.19. The standard InChI is InChI=1S/C13H8N6.H2O4S/c14-8-11-7-10(3-6-16-11)13-17-12(18-19-13)9-1-4-15-5-2-9;1-5(2,3)4/h1-7H,(H,17,18,19);(H2,1,2,3,4). The van der Waals surface area contributed by atoms with E-state index in [1.807, 2.05) is 18.2 Å². The number of pyridine rings is 2. The summed E-state index contributed by atoms with van der Waals surface area (Å²) in [5.41, 5.74) is 2.00. The summed E-state index contributed by atoms with van der Waals surface area (Å²) in [6, 6.07) is 9.10. The normalized spacial score (nSPS) is 10.4. The first-order valence-electron chi connectivity index (χ1n) is 6.26. The van der Waals surface area contributed by atoms with E-state index in [4.69, 9.17) is 22.8 Å². The molecular formula is C13H10N6O4S. The second-order valence-corrected chi connectivity index (χ2v) is 5.13. The van der Waals surface area contributed by atoms with E-state index in [-0.39, 0.29) is 0 Å². The van der Waals surface area contributed by atoms with Gasteiger partial charge in [0.2, 0.25) is 0 Å². The van der Waals surface area contributed by atoms with Crippen LogP contribution in [0.15, 0.2) is 42.9 Å². The molecule has 0 amide bonds. The van der Waals surface area contributed by atoms with Crippen LogP contribution in [0.2, 0.25) is 0 Å². The van der Waals surface area contributed by atoms with E-state index in [0.717, 1.165) is 11.1 Å². The highest BCUT2D eigenvalue weighted by Crippen LogP contribution is 2.19. The maximum Gasteiger partial charge on any atom is 0.394 e. The first-order chi connectivity index (χ1) is 11.4. The number of aromatic nitrogens is 5. The van der Waals surface area contributed by atoms with Crippen molar-refractivity contribution in [2.45, 2.75) is 0 Å². The lowest BCUT2D eigenvalue weighted by molar-refractivity contribution is 0.381. The van der Waals surface area contributed by atoms with Gasteiger partial charge in [0.15, 0.2) is 11.6 Å². The Balaban J connectivity index is 0.000000368. The molecule has 0 spiro atoms. The van der Waals surface area contributed by atoms with Gasteiger partial charge in [-0.25, -0.2) is 9.97 Å². The van der Waals surface area contributed by atoms with Crippen LogP contribution in [-0.4, -0.2) is 42.7 Å². The Morgan fingerprint density at radius 1 is 1.08 bits per heavy atom. The highest BCUT2D eigenvalue weighted by Gasteiger charge is 2.08. The van der Waals surface area contributed by atoms with Crippen LogP contribution in [0.3, 0.4) is 0 Å². The zero-order valence-electron chi connectivity index (χ0n) is 11.9. The molecule has 11 heteroatoms. The van der Waals surface area contributed by atoms with Crippen LogP contribution >= 0.6 is 0 Å². The van der Waals surface area contributed by atoms with Crippen molar-refractivity contribution in [2.75, 3.05) is 0 Å². The number of nitrogens with one attached hydrogen (secondary N) is 1. The minimum Gasteiger partial charge on any atom is -0.265 e. The molecule has 0 fully saturated rings. The highest BCUT2D eigenvalue weighted by atomic mass is 32.3. The number of hydrogen-bond acceptors (Lipinski definition) is 7. The molecule has 0 unspecified atom stereocenters. The van der Waals surface area contributed by atoms with Crippen molar-refractivity contribution < 1.29 is 17.5 Å². The summed E-state index contributed by atoms with van der Waals surface area (Å²) >= 11 is 0. The van der Waals surface area contributed by atoms with Crippen LogP contribution in [0.1, 0.15) is 5.69 Å². The molecule has 3 aromatic heterocycles. The van der Waals surface area contributed by atoms with Gasteiger partial charge in [-0.1, -0.05) is 0 Å². The molecule has 3 N–H and O–H groups in total. The predicted molar refractivity (Wildman–Crippen MR) is 81.7 cm³/mol. The van der Waals surface area contributed by atoms with E-state index >= 15 is 0 Å². The molecule has 0 aromatic carbocycles. The van der Waals surface area contributed by atoms with Crippen LogP contribution in [0.25, 0.3) is 22.8 Å². The molecule has 3 aromatic rings. The minimum atomic E-state index is -4.67. The summed E-state index contributed by atoms with van der Waals surface area (Å²) in [6.45, 7) is 0. The smallest absolute Gasteiger partial charge is 0.265 e. The summed E-state index contributed by atoms with van der Waals surface area (Å²) in [4.78, 5) is 12.3. The fraction of sp³-hybridized carbons (Fsp3) is 0. The molecule has 10 nitrogen and oxygen atoms in total. The number of aromatic amines is 1. The average Bonchev–Trinajstić information content (AvgIpc) is 3.04. The van der Waals surface area contributed by atoms with Gasteiger partial charge in [0, 0.05) is 29.7 Å². The summed E-state index contributed by atoms with van der Waals surface area (Å²) in [6.07, 6.45) is 4.95. The molecule has 24 heavy (non-hydrogen) atoms. The molecule has 3 rings (SSSR count). The second kappa shape index (κ2) is 7.38. The Kier molecular flexibility index (Phi) is 5.27. The van der Waals surface area contributed by atoms with E-state index in [1.54, 1.807) is 30.7 Å². The fourth-order valence-corrected chi connectivity index (χ4v) is 1.66. The van der Waals surface area contributed by atoms with E-state index in [1.165, 1.54) is 0 Å².